The van der Waals surface area contributed by atoms with Crippen molar-refractivity contribution in [1.29, 1.82) is 0 Å². The van der Waals surface area contributed by atoms with Crippen molar-refractivity contribution in [2.75, 3.05) is 19.5 Å². The molecule has 0 aliphatic heterocycles. The molecule has 5 nitrogen and oxygen atoms in total. The van der Waals surface area contributed by atoms with E-state index in [2.05, 4.69) is 17.2 Å². The largest absolute Gasteiger partial charge is 0.497 e. The van der Waals surface area contributed by atoms with Crippen LogP contribution in [0.3, 0.4) is 0 Å². The van der Waals surface area contributed by atoms with E-state index in [1.807, 2.05) is 30.3 Å². The predicted molar refractivity (Wildman–Crippen MR) is 104 cm³/mol. The molecule has 0 bridgehead atoms. The Morgan fingerprint density at radius 1 is 1.08 bits per heavy atom. The minimum Gasteiger partial charge on any atom is -0.497 e. The van der Waals surface area contributed by atoms with Gasteiger partial charge in [0.2, 0.25) is 0 Å². The van der Waals surface area contributed by atoms with Gasteiger partial charge in [-0.15, -0.1) is 11.3 Å². The Hall–Kier alpha value is -2.86. The molecular weight excluding hydrogens is 348 g/mol. The summed E-state index contributed by atoms with van der Waals surface area (Å²) in [5, 5.41) is 3.46. The summed E-state index contributed by atoms with van der Waals surface area (Å²) in [5.41, 5.74) is 2.41. The summed E-state index contributed by atoms with van der Waals surface area (Å²) in [6.45, 7) is 2.08. The fourth-order valence-electron chi connectivity index (χ4n) is 2.57. The highest BCUT2D eigenvalue weighted by Crippen LogP contribution is 2.32. The first-order chi connectivity index (χ1) is 12.6. The zero-order valence-corrected chi connectivity index (χ0v) is 15.7. The van der Waals surface area contributed by atoms with Crippen LogP contribution in [0.25, 0.3) is 11.3 Å². The second-order valence-electron chi connectivity index (χ2n) is 5.57. The van der Waals surface area contributed by atoms with Crippen LogP contribution in [-0.2, 0) is 6.42 Å². The Balaban J connectivity index is 1.87. The summed E-state index contributed by atoms with van der Waals surface area (Å²) >= 11 is 1.49. The summed E-state index contributed by atoms with van der Waals surface area (Å²) < 4.78 is 10.4. The number of nitrogens with zero attached hydrogens (tertiary/aromatic N) is 1. The van der Waals surface area contributed by atoms with Gasteiger partial charge < -0.3 is 9.47 Å². The highest BCUT2D eigenvalue weighted by Gasteiger charge is 2.15. The summed E-state index contributed by atoms with van der Waals surface area (Å²) in [7, 11) is 3.11. The maximum absolute atomic E-state index is 12.6. The van der Waals surface area contributed by atoms with Crippen LogP contribution in [0.4, 0.5) is 5.13 Å². The number of anilines is 1. The molecule has 0 radical (unpaired) electrons. The normalized spacial score (nSPS) is 10.4. The highest BCUT2D eigenvalue weighted by atomic mass is 32.1. The average molecular weight is 368 g/mol. The molecule has 0 spiro atoms. The van der Waals surface area contributed by atoms with Crippen LogP contribution < -0.4 is 14.8 Å². The van der Waals surface area contributed by atoms with Gasteiger partial charge in [0.25, 0.3) is 5.91 Å². The fourth-order valence-corrected chi connectivity index (χ4v) is 3.49. The van der Waals surface area contributed by atoms with E-state index in [4.69, 9.17) is 9.47 Å². The van der Waals surface area contributed by atoms with E-state index < -0.39 is 0 Å². The van der Waals surface area contributed by atoms with Crippen LogP contribution in [0.1, 0.15) is 22.2 Å². The summed E-state index contributed by atoms with van der Waals surface area (Å²) in [6, 6.07) is 15.0. The van der Waals surface area contributed by atoms with Crippen LogP contribution >= 0.6 is 11.3 Å². The van der Waals surface area contributed by atoms with Gasteiger partial charge in [-0.25, -0.2) is 4.98 Å². The van der Waals surface area contributed by atoms with Crippen molar-refractivity contribution in [1.82, 2.24) is 4.98 Å². The zero-order chi connectivity index (χ0) is 18.5. The molecule has 3 aromatic rings. The predicted octanol–water partition coefficient (Wildman–Crippen LogP) is 4.64. The fraction of sp³-hybridized carbons (Fsp3) is 0.200. The van der Waals surface area contributed by atoms with Crippen LogP contribution in [0.15, 0.2) is 48.5 Å². The lowest BCUT2D eigenvalue weighted by atomic mass is 10.1. The number of rotatable bonds is 6. The molecule has 2 aromatic carbocycles. The number of thiazole rings is 1. The SMILES string of the molecule is CCc1sc(NC(=O)c2cc(OC)cc(OC)c2)nc1-c1ccccc1. The first-order valence-corrected chi connectivity index (χ1v) is 9.05. The molecule has 0 fully saturated rings. The second kappa shape index (κ2) is 8.01. The smallest absolute Gasteiger partial charge is 0.257 e. The first kappa shape index (κ1) is 17.9. The lowest BCUT2D eigenvalue weighted by Crippen LogP contribution is -2.12. The van der Waals surface area contributed by atoms with E-state index in [1.54, 1.807) is 32.4 Å². The first-order valence-electron chi connectivity index (χ1n) is 8.24. The summed E-state index contributed by atoms with van der Waals surface area (Å²) in [4.78, 5) is 18.4. The van der Waals surface area contributed by atoms with Crippen molar-refractivity contribution in [3.8, 4) is 22.8 Å². The molecule has 0 unspecified atom stereocenters. The number of amides is 1. The standard InChI is InChI=1S/C20H20N2O3S/c1-4-17-18(13-8-6-5-7-9-13)21-20(26-17)22-19(23)14-10-15(24-2)12-16(11-14)25-3/h5-12H,4H2,1-3H3,(H,21,22,23). The van der Waals surface area contributed by atoms with Crippen molar-refractivity contribution < 1.29 is 14.3 Å². The minimum atomic E-state index is -0.252. The number of ether oxygens (including phenoxy) is 2. The Morgan fingerprint density at radius 3 is 2.31 bits per heavy atom. The molecule has 1 N–H and O–H groups in total. The van der Waals surface area contributed by atoms with Crippen LogP contribution in [0, 0.1) is 0 Å². The van der Waals surface area contributed by atoms with Crippen LogP contribution in [-0.4, -0.2) is 25.1 Å². The number of methoxy groups -OCH3 is 2. The minimum absolute atomic E-state index is 0.252. The van der Waals surface area contributed by atoms with Crippen LogP contribution in [0.5, 0.6) is 11.5 Å². The third-order valence-electron chi connectivity index (χ3n) is 3.90. The van der Waals surface area contributed by atoms with Crippen molar-refractivity contribution >= 4 is 22.4 Å². The molecule has 0 aliphatic carbocycles. The molecular formula is C20H20N2O3S. The maximum atomic E-state index is 12.6. The molecule has 1 aromatic heterocycles. The maximum Gasteiger partial charge on any atom is 0.257 e. The molecule has 3 rings (SSSR count). The van der Waals surface area contributed by atoms with Crippen molar-refractivity contribution in [2.45, 2.75) is 13.3 Å². The molecule has 6 heteroatoms. The van der Waals surface area contributed by atoms with Crippen LogP contribution in [0.2, 0.25) is 0 Å². The van der Waals surface area contributed by atoms with E-state index in [9.17, 15) is 4.79 Å². The lowest BCUT2D eigenvalue weighted by molar-refractivity contribution is 0.102. The van der Waals surface area contributed by atoms with Gasteiger partial charge in [-0.05, 0) is 18.6 Å². The van der Waals surface area contributed by atoms with Crippen molar-refractivity contribution in [3.05, 3.63) is 59.0 Å². The number of aromatic nitrogens is 1. The molecule has 1 amide bonds. The Kier molecular flexibility index (Phi) is 5.53. The Labute approximate surface area is 156 Å². The van der Waals surface area contributed by atoms with E-state index in [-0.39, 0.29) is 5.91 Å². The van der Waals surface area contributed by atoms with Gasteiger partial charge in [-0.3, -0.25) is 10.1 Å². The number of carbonyl (C=O) groups is 1. The van der Waals surface area contributed by atoms with E-state index in [0.717, 1.165) is 22.6 Å². The molecule has 134 valence electrons. The van der Waals surface area contributed by atoms with E-state index >= 15 is 0 Å². The monoisotopic (exact) mass is 368 g/mol. The molecule has 0 saturated heterocycles. The summed E-state index contributed by atoms with van der Waals surface area (Å²) in [5.74, 6) is 0.874. The number of hydrogen-bond donors (Lipinski definition) is 1. The number of benzene rings is 2. The van der Waals surface area contributed by atoms with Crippen molar-refractivity contribution in [2.24, 2.45) is 0 Å². The van der Waals surface area contributed by atoms with Gasteiger partial charge in [0.05, 0.1) is 19.9 Å². The van der Waals surface area contributed by atoms with Gasteiger partial charge in [-0.2, -0.15) is 0 Å². The summed E-state index contributed by atoms with van der Waals surface area (Å²) in [6.07, 6.45) is 0.852. The number of hydrogen-bond acceptors (Lipinski definition) is 5. The third-order valence-corrected chi connectivity index (χ3v) is 5.01. The Morgan fingerprint density at radius 2 is 1.73 bits per heavy atom. The van der Waals surface area contributed by atoms with Gasteiger partial charge in [-0.1, -0.05) is 37.3 Å². The molecule has 1 heterocycles. The Bertz CT molecular complexity index is 884. The number of nitrogens with one attached hydrogen (secondary N) is 1. The van der Waals surface area contributed by atoms with Gasteiger partial charge in [0.1, 0.15) is 11.5 Å². The molecule has 0 aliphatic rings. The van der Waals surface area contributed by atoms with Gasteiger partial charge in [0, 0.05) is 22.1 Å². The third kappa shape index (κ3) is 3.86. The van der Waals surface area contributed by atoms with E-state index in [0.29, 0.717) is 22.2 Å². The van der Waals surface area contributed by atoms with Gasteiger partial charge >= 0.3 is 0 Å². The van der Waals surface area contributed by atoms with Crippen molar-refractivity contribution in [3.63, 3.8) is 0 Å². The second-order valence-corrected chi connectivity index (χ2v) is 6.65. The quantitative estimate of drug-likeness (QED) is 0.688. The number of aryl methyl sites for hydroxylation is 1. The molecule has 26 heavy (non-hydrogen) atoms. The number of carbonyl (C=O) groups excluding carboxylic acids is 1. The highest BCUT2D eigenvalue weighted by molar-refractivity contribution is 7.16. The average Bonchev–Trinajstić information content (AvgIpc) is 3.11. The molecule has 0 atom stereocenters. The topological polar surface area (TPSA) is 60.5 Å². The zero-order valence-electron chi connectivity index (χ0n) is 14.9. The lowest BCUT2D eigenvalue weighted by Gasteiger charge is -2.08. The van der Waals surface area contributed by atoms with Gasteiger partial charge in [0.15, 0.2) is 5.13 Å². The van der Waals surface area contributed by atoms with E-state index in [1.165, 1.54) is 11.3 Å². The molecule has 0 saturated carbocycles.